The Balaban J connectivity index is 2.23. The highest BCUT2D eigenvalue weighted by molar-refractivity contribution is 5.69. The molecule has 0 aliphatic heterocycles. The maximum atomic E-state index is 14.8. The van der Waals surface area contributed by atoms with Crippen molar-refractivity contribution in [1.82, 2.24) is 4.90 Å². The van der Waals surface area contributed by atoms with Gasteiger partial charge >= 0.3 is 6.09 Å². The average Bonchev–Trinajstić information content (AvgIpc) is 2.63. The van der Waals surface area contributed by atoms with E-state index in [-0.39, 0.29) is 12.4 Å². The van der Waals surface area contributed by atoms with Gasteiger partial charge in [0.15, 0.2) is 0 Å². The molecule has 0 heterocycles. The van der Waals surface area contributed by atoms with Crippen molar-refractivity contribution in [2.24, 2.45) is 5.92 Å². The third-order valence-corrected chi connectivity index (χ3v) is 4.34. The van der Waals surface area contributed by atoms with Gasteiger partial charge in [-0.15, -0.1) is 0 Å². The minimum atomic E-state index is -0.589. The number of rotatable bonds is 6. The SMILES string of the molecule is CC(C)CCN(Cc1ccc(-c2cccc(C#N)c2)c(F)c1)C(=O)OC(C)(C)C. The number of ether oxygens (including phenoxy) is 1. The predicted molar refractivity (Wildman–Crippen MR) is 113 cm³/mol. The molecule has 0 radical (unpaired) electrons. The lowest BCUT2D eigenvalue weighted by Crippen LogP contribution is -2.37. The standard InChI is InChI=1S/C24H29FN2O2/c1-17(2)11-12-27(23(28)29-24(3,4)5)16-19-9-10-21(22(25)14-19)20-8-6-7-18(13-20)15-26/h6-10,13-14,17H,11-12,16H2,1-5H3. The Labute approximate surface area is 172 Å². The first-order valence-electron chi connectivity index (χ1n) is 9.86. The van der Waals surface area contributed by atoms with Gasteiger partial charge in [0, 0.05) is 18.7 Å². The molecule has 0 aliphatic carbocycles. The summed E-state index contributed by atoms with van der Waals surface area (Å²) in [5.41, 5.74) is 1.66. The summed E-state index contributed by atoms with van der Waals surface area (Å²) in [4.78, 5) is 14.2. The van der Waals surface area contributed by atoms with Crippen molar-refractivity contribution in [3.05, 3.63) is 59.4 Å². The number of halogens is 1. The topological polar surface area (TPSA) is 53.3 Å². The molecule has 2 aromatic rings. The Morgan fingerprint density at radius 3 is 2.52 bits per heavy atom. The fourth-order valence-electron chi connectivity index (χ4n) is 2.84. The Morgan fingerprint density at radius 1 is 1.21 bits per heavy atom. The minimum absolute atomic E-state index is 0.275. The number of carbonyl (C=O) groups is 1. The van der Waals surface area contributed by atoms with Crippen molar-refractivity contribution in [2.75, 3.05) is 6.54 Å². The summed E-state index contributed by atoms with van der Waals surface area (Å²) in [6.07, 6.45) is 0.435. The fraction of sp³-hybridized carbons (Fsp3) is 0.417. The molecule has 5 heteroatoms. The summed E-state index contributed by atoms with van der Waals surface area (Å²) in [7, 11) is 0. The number of hydrogen-bond donors (Lipinski definition) is 0. The van der Waals surface area contributed by atoms with Gasteiger partial charge in [-0.1, -0.05) is 38.1 Å². The Bertz CT molecular complexity index is 894. The number of hydrogen-bond acceptors (Lipinski definition) is 3. The molecule has 2 aromatic carbocycles. The van der Waals surface area contributed by atoms with Crippen LogP contribution in [-0.4, -0.2) is 23.1 Å². The maximum Gasteiger partial charge on any atom is 0.410 e. The first-order valence-corrected chi connectivity index (χ1v) is 9.86. The predicted octanol–water partition coefficient (Wildman–Crippen LogP) is 6.15. The lowest BCUT2D eigenvalue weighted by Gasteiger charge is -2.28. The number of carbonyl (C=O) groups excluding carboxylic acids is 1. The molecule has 2 rings (SSSR count). The van der Waals surface area contributed by atoms with Gasteiger partial charge in [0.25, 0.3) is 0 Å². The summed E-state index contributed by atoms with van der Waals surface area (Å²) in [6, 6.07) is 13.9. The molecule has 0 saturated heterocycles. The van der Waals surface area contributed by atoms with Crippen LogP contribution in [0.2, 0.25) is 0 Å². The van der Waals surface area contributed by atoms with E-state index in [0.29, 0.717) is 34.7 Å². The van der Waals surface area contributed by atoms with Crippen LogP contribution in [0.15, 0.2) is 42.5 Å². The van der Waals surface area contributed by atoms with Gasteiger partial charge in [0.1, 0.15) is 11.4 Å². The van der Waals surface area contributed by atoms with Crippen molar-refractivity contribution < 1.29 is 13.9 Å². The number of nitrogens with zero attached hydrogens (tertiary/aromatic N) is 2. The summed E-state index contributed by atoms with van der Waals surface area (Å²) in [6.45, 7) is 10.5. The van der Waals surface area contributed by atoms with Crippen LogP contribution in [0.4, 0.5) is 9.18 Å². The monoisotopic (exact) mass is 396 g/mol. The summed E-state index contributed by atoms with van der Waals surface area (Å²) in [5.74, 6) is 0.0528. The van der Waals surface area contributed by atoms with Gasteiger partial charge in [0.05, 0.1) is 11.6 Å². The van der Waals surface area contributed by atoms with E-state index in [4.69, 9.17) is 10.00 Å². The van der Waals surface area contributed by atoms with E-state index >= 15 is 0 Å². The van der Waals surface area contributed by atoms with Crippen LogP contribution in [0.25, 0.3) is 11.1 Å². The molecule has 0 spiro atoms. The third-order valence-electron chi connectivity index (χ3n) is 4.34. The van der Waals surface area contributed by atoms with Crippen molar-refractivity contribution in [1.29, 1.82) is 5.26 Å². The molecule has 0 unspecified atom stereocenters. The van der Waals surface area contributed by atoms with Crippen LogP contribution >= 0.6 is 0 Å². The van der Waals surface area contributed by atoms with Crippen LogP contribution in [0, 0.1) is 23.1 Å². The highest BCUT2D eigenvalue weighted by atomic mass is 19.1. The smallest absolute Gasteiger partial charge is 0.410 e. The van der Waals surface area contributed by atoms with E-state index in [9.17, 15) is 9.18 Å². The van der Waals surface area contributed by atoms with E-state index in [1.807, 2.05) is 26.8 Å². The van der Waals surface area contributed by atoms with E-state index in [0.717, 1.165) is 6.42 Å². The molecule has 29 heavy (non-hydrogen) atoms. The lowest BCUT2D eigenvalue weighted by molar-refractivity contribution is 0.0225. The number of amides is 1. The average molecular weight is 397 g/mol. The van der Waals surface area contributed by atoms with Gasteiger partial charge in [-0.05, 0) is 62.4 Å². The molecular formula is C24H29FN2O2. The minimum Gasteiger partial charge on any atom is -0.444 e. The normalized spacial score (nSPS) is 11.2. The Hall–Kier alpha value is -2.87. The molecule has 154 valence electrons. The second-order valence-electron chi connectivity index (χ2n) is 8.59. The highest BCUT2D eigenvalue weighted by Gasteiger charge is 2.22. The molecule has 0 N–H and O–H groups in total. The van der Waals surface area contributed by atoms with E-state index < -0.39 is 11.7 Å². The van der Waals surface area contributed by atoms with Crippen LogP contribution < -0.4 is 0 Å². The molecule has 0 aliphatic rings. The summed E-state index contributed by atoms with van der Waals surface area (Å²) < 4.78 is 20.3. The van der Waals surface area contributed by atoms with Crippen molar-refractivity contribution >= 4 is 6.09 Å². The van der Waals surface area contributed by atoms with Crippen LogP contribution in [0.3, 0.4) is 0 Å². The Kier molecular flexibility index (Phi) is 7.39. The molecule has 0 atom stereocenters. The quantitative estimate of drug-likeness (QED) is 0.589. The van der Waals surface area contributed by atoms with E-state index in [2.05, 4.69) is 19.9 Å². The molecule has 4 nitrogen and oxygen atoms in total. The third kappa shape index (κ3) is 6.90. The second kappa shape index (κ2) is 9.56. The van der Waals surface area contributed by atoms with Gasteiger partial charge < -0.3 is 9.64 Å². The van der Waals surface area contributed by atoms with E-state index in [1.165, 1.54) is 6.07 Å². The molecule has 1 amide bonds. The van der Waals surface area contributed by atoms with Crippen molar-refractivity contribution in [2.45, 2.75) is 53.2 Å². The van der Waals surface area contributed by atoms with E-state index in [1.54, 1.807) is 35.2 Å². The Morgan fingerprint density at radius 2 is 1.93 bits per heavy atom. The summed E-state index contributed by atoms with van der Waals surface area (Å²) in [5, 5.41) is 9.05. The first kappa shape index (κ1) is 22.4. The molecule has 0 bridgehead atoms. The van der Waals surface area contributed by atoms with Gasteiger partial charge in [-0.3, -0.25) is 0 Å². The fourth-order valence-corrected chi connectivity index (χ4v) is 2.84. The largest absolute Gasteiger partial charge is 0.444 e. The van der Waals surface area contributed by atoms with Crippen LogP contribution in [0.5, 0.6) is 0 Å². The highest BCUT2D eigenvalue weighted by Crippen LogP contribution is 2.25. The van der Waals surface area contributed by atoms with Gasteiger partial charge in [-0.25, -0.2) is 9.18 Å². The van der Waals surface area contributed by atoms with Crippen LogP contribution in [0.1, 0.15) is 52.2 Å². The zero-order chi connectivity index (χ0) is 21.6. The first-order chi connectivity index (χ1) is 13.6. The molecule has 0 aromatic heterocycles. The van der Waals surface area contributed by atoms with Crippen molar-refractivity contribution in [3.63, 3.8) is 0 Å². The van der Waals surface area contributed by atoms with Crippen molar-refractivity contribution in [3.8, 4) is 17.2 Å². The van der Waals surface area contributed by atoms with Gasteiger partial charge in [-0.2, -0.15) is 5.26 Å². The molecular weight excluding hydrogens is 367 g/mol. The van der Waals surface area contributed by atoms with Crippen LogP contribution in [-0.2, 0) is 11.3 Å². The summed E-state index contributed by atoms with van der Waals surface area (Å²) >= 11 is 0. The zero-order valence-corrected chi connectivity index (χ0v) is 17.8. The molecule has 0 saturated carbocycles. The van der Waals surface area contributed by atoms with Gasteiger partial charge in [0.2, 0.25) is 0 Å². The zero-order valence-electron chi connectivity index (χ0n) is 17.8. The maximum absolute atomic E-state index is 14.8. The second-order valence-corrected chi connectivity index (χ2v) is 8.59. The number of benzene rings is 2. The molecule has 0 fully saturated rings. The number of nitriles is 1. The lowest BCUT2D eigenvalue weighted by atomic mass is 10.0.